The van der Waals surface area contributed by atoms with Crippen LogP contribution in [-0.4, -0.2) is 11.7 Å². The molecule has 1 atom stereocenters. The van der Waals surface area contributed by atoms with Crippen LogP contribution in [0.2, 0.25) is 0 Å². The summed E-state index contributed by atoms with van der Waals surface area (Å²) in [6.45, 7) is 4.56. The molecule has 0 radical (unpaired) electrons. The second-order valence-corrected chi connectivity index (χ2v) is 5.58. The van der Waals surface area contributed by atoms with Gasteiger partial charge in [0.25, 0.3) is 0 Å². The largest absolute Gasteiger partial charge is 0.385 e. The Balaban J connectivity index is 2.45. The molecule has 0 saturated heterocycles. The van der Waals surface area contributed by atoms with Gasteiger partial charge < -0.3 is 10.8 Å². The van der Waals surface area contributed by atoms with Crippen LogP contribution in [0.1, 0.15) is 43.7 Å². The van der Waals surface area contributed by atoms with Gasteiger partial charge in [-0.3, -0.25) is 0 Å². The van der Waals surface area contributed by atoms with Crippen molar-refractivity contribution in [3.63, 3.8) is 0 Å². The first-order valence-corrected chi connectivity index (χ1v) is 6.52. The monoisotopic (exact) mass is 233 g/mol. The topological polar surface area (TPSA) is 46.2 Å². The molecule has 17 heavy (non-hydrogen) atoms. The first kappa shape index (κ1) is 12.6. The fourth-order valence-corrected chi connectivity index (χ4v) is 3.35. The lowest BCUT2D eigenvalue weighted by atomic mass is 9.67. The fourth-order valence-electron chi connectivity index (χ4n) is 3.35. The summed E-state index contributed by atoms with van der Waals surface area (Å²) in [6.07, 6.45) is 4.42. The van der Waals surface area contributed by atoms with Crippen molar-refractivity contribution in [3.05, 3.63) is 35.4 Å². The third-order valence-electron chi connectivity index (χ3n) is 4.65. The molecule has 0 heterocycles. The van der Waals surface area contributed by atoms with Gasteiger partial charge in [0.1, 0.15) is 0 Å². The molecule has 3 N–H and O–H groups in total. The van der Waals surface area contributed by atoms with Gasteiger partial charge in [-0.1, -0.05) is 37.1 Å². The molecule has 94 valence electrons. The predicted molar refractivity (Wildman–Crippen MR) is 70.7 cm³/mol. The molecule has 1 aromatic rings. The molecule has 1 saturated carbocycles. The lowest BCUT2D eigenvalue weighted by Crippen LogP contribution is -2.47. The van der Waals surface area contributed by atoms with Crippen molar-refractivity contribution in [2.24, 2.45) is 11.1 Å². The number of benzene rings is 1. The van der Waals surface area contributed by atoms with E-state index in [0.29, 0.717) is 6.54 Å². The van der Waals surface area contributed by atoms with Gasteiger partial charge in [0.2, 0.25) is 0 Å². The molecule has 1 aromatic carbocycles. The summed E-state index contributed by atoms with van der Waals surface area (Å²) in [6, 6.07) is 8.10. The molecule has 1 aliphatic rings. The number of rotatable bonds is 3. The molecule has 0 spiro atoms. The van der Waals surface area contributed by atoms with E-state index in [2.05, 4.69) is 13.0 Å². The van der Waals surface area contributed by atoms with Crippen molar-refractivity contribution < 1.29 is 5.11 Å². The van der Waals surface area contributed by atoms with E-state index >= 15 is 0 Å². The predicted octanol–water partition coefficient (Wildman–Crippen LogP) is 2.72. The second kappa shape index (κ2) is 4.43. The maximum absolute atomic E-state index is 11.0. The zero-order valence-corrected chi connectivity index (χ0v) is 10.9. The first-order chi connectivity index (χ1) is 8.03. The van der Waals surface area contributed by atoms with Crippen LogP contribution in [-0.2, 0) is 5.60 Å². The van der Waals surface area contributed by atoms with E-state index in [9.17, 15) is 5.11 Å². The minimum atomic E-state index is -0.816. The Labute approximate surface area is 104 Å². The molecule has 2 heteroatoms. The van der Waals surface area contributed by atoms with Crippen molar-refractivity contribution in [1.82, 2.24) is 0 Å². The molecular formula is C15H23NO. The Morgan fingerprint density at radius 2 is 1.88 bits per heavy atom. The number of aliphatic hydroxyl groups is 1. The summed E-state index contributed by atoms with van der Waals surface area (Å²) in [7, 11) is 0. The number of nitrogens with two attached hydrogens (primary N) is 1. The first-order valence-electron chi connectivity index (χ1n) is 6.52. The SMILES string of the molecule is Cc1ccccc1C(C)(O)C1(CN)CCCC1. The average molecular weight is 233 g/mol. The normalized spacial score (nSPS) is 22.4. The highest BCUT2D eigenvalue weighted by atomic mass is 16.3. The van der Waals surface area contributed by atoms with Crippen LogP contribution < -0.4 is 5.73 Å². The zero-order valence-electron chi connectivity index (χ0n) is 10.9. The van der Waals surface area contributed by atoms with Crippen LogP contribution in [0.4, 0.5) is 0 Å². The Morgan fingerprint density at radius 3 is 2.41 bits per heavy atom. The lowest BCUT2D eigenvalue weighted by Gasteiger charge is -2.43. The smallest absolute Gasteiger partial charge is 0.0939 e. The van der Waals surface area contributed by atoms with E-state index in [1.54, 1.807) is 0 Å². The number of hydrogen-bond acceptors (Lipinski definition) is 2. The van der Waals surface area contributed by atoms with Crippen LogP contribution in [0.3, 0.4) is 0 Å². The quantitative estimate of drug-likeness (QED) is 0.843. The number of aryl methyl sites for hydroxylation is 1. The molecule has 0 aromatic heterocycles. The summed E-state index contributed by atoms with van der Waals surface area (Å²) in [5, 5.41) is 11.0. The Morgan fingerprint density at radius 1 is 1.29 bits per heavy atom. The molecule has 2 rings (SSSR count). The van der Waals surface area contributed by atoms with Gasteiger partial charge in [0.05, 0.1) is 5.60 Å². The van der Waals surface area contributed by atoms with Gasteiger partial charge in [-0.2, -0.15) is 0 Å². The van der Waals surface area contributed by atoms with Gasteiger partial charge in [-0.05, 0) is 37.8 Å². The zero-order chi connectivity index (χ0) is 12.5. The molecule has 0 bridgehead atoms. The van der Waals surface area contributed by atoms with Crippen LogP contribution in [0.5, 0.6) is 0 Å². The van der Waals surface area contributed by atoms with Gasteiger partial charge >= 0.3 is 0 Å². The van der Waals surface area contributed by atoms with E-state index in [0.717, 1.165) is 24.0 Å². The summed E-state index contributed by atoms with van der Waals surface area (Å²) >= 11 is 0. The van der Waals surface area contributed by atoms with Gasteiger partial charge in [0, 0.05) is 12.0 Å². The minimum absolute atomic E-state index is 0.140. The maximum Gasteiger partial charge on any atom is 0.0939 e. The van der Waals surface area contributed by atoms with E-state index in [1.807, 2.05) is 25.1 Å². The highest BCUT2D eigenvalue weighted by Crippen LogP contribution is 2.51. The summed E-state index contributed by atoms with van der Waals surface area (Å²) in [4.78, 5) is 0. The minimum Gasteiger partial charge on any atom is -0.385 e. The second-order valence-electron chi connectivity index (χ2n) is 5.58. The van der Waals surface area contributed by atoms with Crippen molar-refractivity contribution in [2.75, 3.05) is 6.54 Å². The summed E-state index contributed by atoms with van der Waals surface area (Å²) < 4.78 is 0. The summed E-state index contributed by atoms with van der Waals surface area (Å²) in [5.41, 5.74) is 7.21. The Bertz CT molecular complexity index is 392. The molecule has 1 fully saturated rings. The summed E-state index contributed by atoms with van der Waals surface area (Å²) in [5.74, 6) is 0. The fraction of sp³-hybridized carbons (Fsp3) is 0.600. The number of hydrogen-bond donors (Lipinski definition) is 2. The molecular weight excluding hydrogens is 210 g/mol. The standard InChI is InChI=1S/C15H23NO/c1-12-7-3-4-8-13(12)14(2,17)15(11-16)9-5-6-10-15/h3-4,7-8,17H,5-6,9-11,16H2,1-2H3. The third-order valence-corrected chi connectivity index (χ3v) is 4.65. The average Bonchev–Trinajstić information content (AvgIpc) is 2.79. The van der Waals surface area contributed by atoms with Gasteiger partial charge in [0.15, 0.2) is 0 Å². The van der Waals surface area contributed by atoms with Crippen molar-refractivity contribution >= 4 is 0 Å². The highest BCUT2D eigenvalue weighted by molar-refractivity contribution is 5.33. The van der Waals surface area contributed by atoms with Crippen molar-refractivity contribution in [3.8, 4) is 0 Å². The lowest BCUT2D eigenvalue weighted by molar-refractivity contribution is -0.0698. The van der Waals surface area contributed by atoms with Crippen LogP contribution in [0.15, 0.2) is 24.3 Å². The Kier molecular flexibility index (Phi) is 3.28. The third kappa shape index (κ3) is 1.90. The highest BCUT2D eigenvalue weighted by Gasteiger charge is 2.49. The molecule has 0 aliphatic heterocycles. The van der Waals surface area contributed by atoms with Gasteiger partial charge in [-0.25, -0.2) is 0 Å². The molecule has 2 nitrogen and oxygen atoms in total. The van der Waals surface area contributed by atoms with Crippen LogP contribution in [0.25, 0.3) is 0 Å². The molecule has 0 amide bonds. The van der Waals surface area contributed by atoms with E-state index in [4.69, 9.17) is 5.73 Å². The molecule has 1 unspecified atom stereocenters. The van der Waals surface area contributed by atoms with E-state index in [1.165, 1.54) is 12.8 Å². The maximum atomic E-state index is 11.0. The van der Waals surface area contributed by atoms with Crippen molar-refractivity contribution in [1.29, 1.82) is 0 Å². The molecule has 1 aliphatic carbocycles. The Hall–Kier alpha value is -0.860. The van der Waals surface area contributed by atoms with E-state index < -0.39 is 5.60 Å². The van der Waals surface area contributed by atoms with Crippen molar-refractivity contribution in [2.45, 2.75) is 45.1 Å². The van der Waals surface area contributed by atoms with Crippen LogP contribution in [0, 0.1) is 12.3 Å². The van der Waals surface area contributed by atoms with Gasteiger partial charge in [-0.15, -0.1) is 0 Å². The van der Waals surface area contributed by atoms with E-state index in [-0.39, 0.29) is 5.41 Å². The van der Waals surface area contributed by atoms with Crippen LogP contribution >= 0.6 is 0 Å².